The Balaban J connectivity index is 2.94. The van der Waals surface area contributed by atoms with Crippen molar-refractivity contribution < 1.29 is 0 Å². The fourth-order valence-corrected chi connectivity index (χ4v) is 2.25. The predicted octanol–water partition coefficient (Wildman–Crippen LogP) is 2.57. The second-order valence-electron chi connectivity index (χ2n) is 4.21. The molecule has 0 bridgehead atoms. The highest BCUT2D eigenvalue weighted by Gasteiger charge is 2.22. The molecule has 92 valence electrons. The molecule has 0 radical (unpaired) electrons. The van der Waals surface area contributed by atoms with Crippen LogP contribution in [0, 0.1) is 11.3 Å². The molecule has 0 aliphatic carbocycles. The molecule has 0 aliphatic heterocycles. The number of hydrogen-bond donors (Lipinski definition) is 1. The van der Waals surface area contributed by atoms with E-state index in [4.69, 9.17) is 22.6 Å². The minimum atomic E-state index is -0.0430. The van der Waals surface area contributed by atoms with E-state index in [9.17, 15) is 0 Å². The molecule has 17 heavy (non-hydrogen) atoms. The van der Waals surface area contributed by atoms with Crippen molar-refractivity contribution in [3.8, 4) is 6.07 Å². The molecule has 2 N–H and O–H groups in total. The zero-order chi connectivity index (χ0) is 12.8. The third kappa shape index (κ3) is 3.71. The van der Waals surface area contributed by atoms with E-state index in [0.717, 1.165) is 10.6 Å². The van der Waals surface area contributed by atoms with Crippen molar-refractivity contribution in [1.82, 2.24) is 4.90 Å². The molecule has 1 rings (SSSR count). The summed E-state index contributed by atoms with van der Waals surface area (Å²) in [6, 6.07) is 9.85. The van der Waals surface area contributed by atoms with Gasteiger partial charge in [0.2, 0.25) is 0 Å². The lowest BCUT2D eigenvalue weighted by Gasteiger charge is -2.31. The molecule has 0 spiro atoms. The van der Waals surface area contributed by atoms with Crippen LogP contribution in [-0.2, 0) is 0 Å². The number of halogens is 1. The van der Waals surface area contributed by atoms with Gasteiger partial charge in [0, 0.05) is 24.0 Å². The summed E-state index contributed by atoms with van der Waals surface area (Å²) in [4.78, 5) is 2.08. The lowest BCUT2D eigenvalue weighted by Crippen LogP contribution is -2.37. The number of nitriles is 1. The molecular formula is C13H18ClN3. The zero-order valence-electron chi connectivity index (χ0n) is 10.2. The van der Waals surface area contributed by atoms with E-state index in [1.807, 2.05) is 38.2 Å². The lowest BCUT2D eigenvalue weighted by atomic mass is 9.99. The average Bonchev–Trinajstić information content (AvgIpc) is 2.29. The van der Waals surface area contributed by atoms with Gasteiger partial charge in [-0.1, -0.05) is 29.8 Å². The van der Waals surface area contributed by atoms with Crippen LogP contribution >= 0.6 is 11.6 Å². The Morgan fingerprint density at radius 1 is 1.47 bits per heavy atom. The van der Waals surface area contributed by atoms with Crippen molar-refractivity contribution >= 4 is 11.6 Å². The van der Waals surface area contributed by atoms with E-state index in [2.05, 4.69) is 11.0 Å². The largest absolute Gasteiger partial charge is 0.326 e. The molecule has 4 heteroatoms. The molecule has 2 unspecified atom stereocenters. The maximum atomic E-state index is 8.63. The Morgan fingerprint density at radius 3 is 2.65 bits per heavy atom. The first-order valence-corrected chi connectivity index (χ1v) is 6.03. The van der Waals surface area contributed by atoms with Crippen LogP contribution < -0.4 is 5.73 Å². The minimum absolute atomic E-state index is 0.0389. The lowest BCUT2D eigenvalue weighted by molar-refractivity contribution is 0.224. The molecule has 0 aromatic heterocycles. The van der Waals surface area contributed by atoms with Gasteiger partial charge in [0.1, 0.15) is 0 Å². The molecule has 0 saturated carbocycles. The average molecular weight is 252 g/mol. The van der Waals surface area contributed by atoms with E-state index < -0.39 is 0 Å². The molecule has 0 fully saturated rings. The molecule has 0 aliphatic rings. The number of likely N-dealkylation sites (N-methyl/N-ethyl adjacent to an activating group) is 1. The summed E-state index contributed by atoms with van der Waals surface area (Å²) >= 11 is 6.19. The van der Waals surface area contributed by atoms with Crippen molar-refractivity contribution in [2.24, 2.45) is 5.73 Å². The van der Waals surface area contributed by atoms with Crippen molar-refractivity contribution in [2.45, 2.75) is 25.4 Å². The zero-order valence-corrected chi connectivity index (χ0v) is 11.0. The molecular weight excluding hydrogens is 234 g/mol. The highest BCUT2D eigenvalue weighted by atomic mass is 35.5. The summed E-state index contributed by atoms with van der Waals surface area (Å²) in [7, 11) is 1.97. The van der Waals surface area contributed by atoms with E-state index in [1.54, 1.807) is 0 Å². The van der Waals surface area contributed by atoms with Gasteiger partial charge in [-0.2, -0.15) is 5.26 Å². The van der Waals surface area contributed by atoms with Crippen LogP contribution in [0.2, 0.25) is 5.02 Å². The highest BCUT2D eigenvalue weighted by molar-refractivity contribution is 6.31. The van der Waals surface area contributed by atoms with Gasteiger partial charge in [0.05, 0.1) is 12.1 Å². The van der Waals surface area contributed by atoms with Crippen molar-refractivity contribution in [2.75, 3.05) is 13.6 Å². The van der Waals surface area contributed by atoms with Crippen LogP contribution in [0.25, 0.3) is 0 Å². The number of nitrogens with two attached hydrogens (primary N) is 1. The van der Waals surface area contributed by atoms with Gasteiger partial charge < -0.3 is 5.73 Å². The summed E-state index contributed by atoms with van der Waals surface area (Å²) in [6.45, 7) is 2.64. The second kappa shape index (κ2) is 6.61. The molecule has 1 aromatic carbocycles. The maximum Gasteiger partial charge on any atom is 0.0635 e. The Morgan fingerprint density at radius 2 is 2.12 bits per heavy atom. The standard InChI is InChI=1S/C13H18ClN3/c1-10(16)13(17(2)9-5-8-15)11-6-3-4-7-12(11)14/h3-4,6-7,10,13H,5,9,16H2,1-2H3. The van der Waals surface area contributed by atoms with Crippen molar-refractivity contribution in [1.29, 1.82) is 5.26 Å². The van der Waals surface area contributed by atoms with Gasteiger partial charge in [-0.25, -0.2) is 0 Å². The van der Waals surface area contributed by atoms with Crippen LogP contribution in [0.4, 0.5) is 0 Å². The Kier molecular flexibility index (Phi) is 5.43. The van der Waals surface area contributed by atoms with E-state index in [0.29, 0.717) is 13.0 Å². The molecule has 1 aromatic rings. The normalized spacial score (nSPS) is 14.4. The van der Waals surface area contributed by atoms with Crippen LogP contribution in [0.15, 0.2) is 24.3 Å². The fraction of sp³-hybridized carbons (Fsp3) is 0.462. The van der Waals surface area contributed by atoms with E-state index >= 15 is 0 Å². The van der Waals surface area contributed by atoms with Gasteiger partial charge in [0.15, 0.2) is 0 Å². The van der Waals surface area contributed by atoms with Gasteiger partial charge in [-0.15, -0.1) is 0 Å². The third-order valence-corrected chi connectivity index (χ3v) is 3.12. The number of nitrogens with zero attached hydrogens (tertiary/aromatic N) is 2. The van der Waals surface area contributed by atoms with Gasteiger partial charge in [0.25, 0.3) is 0 Å². The fourth-order valence-electron chi connectivity index (χ4n) is 2.00. The first-order valence-electron chi connectivity index (χ1n) is 5.65. The van der Waals surface area contributed by atoms with Crippen molar-refractivity contribution in [3.05, 3.63) is 34.9 Å². The molecule has 0 heterocycles. The van der Waals surface area contributed by atoms with Crippen molar-refractivity contribution in [3.63, 3.8) is 0 Å². The summed E-state index contributed by atoms with van der Waals surface area (Å²) in [6.07, 6.45) is 0.490. The molecule has 0 amide bonds. The SMILES string of the molecule is CC(N)C(c1ccccc1Cl)N(C)CCC#N. The van der Waals surface area contributed by atoms with E-state index in [-0.39, 0.29) is 12.1 Å². The third-order valence-electron chi connectivity index (χ3n) is 2.77. The Labute approximate surface area is 108 Å². The summed E-state index contributed by atoms with van der Waals surface area (Å²) < 4.78 is 0. The Bertz CT molecular complexity index is 398. The van der Waals surface area contributed by atoms with Gasteiger partial charge in [-0.05, 0) is 25.6 Å². The quantitative estimate of drug-likeness (QED) is 0.875. The monoisotopic (exact) mass is 251 g/mol. The number of hydrogen-bond acceptors (Lipinski definition) is 3. The first-order chi connectivity index (χ1) is 8.07. The maximum absolute atomic E-state index is 8.63. The van der Waals surface area contributed by atoms with Crippen LogP contribution in [-0.4, -0.2) is 24.5 Å². The molecule has 3 nitrogen and oxygen atoms in total. The minimum Gasteiger partial charge on any atom is -0.326 e. The topological polar surface area (TPSA) is 53.0 Å². The van der Waals surface area contributed by atoms with Gasteiger partial charge >= 0.3 is 0 Å². The summed E-state index contributed by atoms with van der Waals surface area (Å²) in [5, 5.41) is 9.35. The second-order valence-corrected chi connectivity index (χ2v) is 4.62. The number of rotatable bonds is 5. The Hall–Kier alpha value is -1.08. The number of benzene rings is 1. The molecule has 0 saturated heterocycles. The van der Waals surface area contributed by atoms with Crippen LogP contribution in [0.5, 0.6) is 0 Å². The van der Waals surface area contributed by atoms with Crippen LogP contribution in [0.1, 0.15) is 24.9 Å². The van der Waals surface area contributed by atoms with E-state index in [1.165, 1.54) is 0 Å². The van der Waals surface area contributed by atoms with Gasteiger partial charge in [-0.3, -0.25) is 4.90 Å². The summed E-state index contributed by atoms with van der Waals surface area (Å²) in [5.74, 6) is 0. The smallest absolute Gasteiger partial charge is 0.0635 e. The van der Waals surface area contributed by atoms with Crippen LogP contribution in [0.3, 0.4) is 0 Å². The summed E-state index contributed by atoms with van der Waals surface area (Å²) in [5.41, 5.74) is 7.05. The highest BCUT2D eigenvalue weighted by Crippen LogP contribution is 2.28. The molecule has 2 atom stereocenters. The first kappa shape index (κ1) is 14.0. The predicted molar refractivity (Wildman–Crippen MR) is 70.7 cm³/mol.